The zero-order chi connectivity index (χ0) is 17.1. The van der Waals surface area contributed by atoms with Crippen LogP contribution < -0.4 is 5.56 Å². The van der Waals surface area contributed by atoms with Gasteiger partial charge in [0.25, 0.3) is 5.56 Å². The van der Waals surface area contributed by atoms with E-state index in [0.29, 0.717) is 23.6 Å². The fourth-order valence-electron chi connectivity index (χ4n) is 2.26. The zero-order valence-corrected chi connectivity index (χ0v) is 15.7. The van der Waals surface area contributed by atoms with Gasteiger partial charge in [-0.3, -0.25) is 9.59 Å². The highest BCUT2D eigenvalue weighted by molar-refractivity contribution is 7.99. The average Bonchev–Trinajstić information content (AvgIpc) is 3.14. The molecule has 8 heteroatoms. The summed E-state index contributed by atoms with van der Waals surface area (Å²) in [4.78, 5) is 34.2. The lowest BCUT2D eigenvalue weighted by molar-refractivity contribution is -0.139. The predicted octanol–water partition coefficient (Wildman–Crippen LogP) is 3.82. The first-order chi connectivity index (χ1) is 11.6. The molecule has 0 saturated heterocycles. The summed E-state index contributed by atoms with van der Waals surface area (Å²) >= 11 is 4.51. The topological polar surface area (TPSA) is 72.0 Å². The number of rotatable bonds is 6. The van der Waals surface area contributed by atoms with E-state index in [-0.39, 0.29) is 17.3 Å². The van der Waals surface area contributed by atoms with Gasteiger partial charge in [0.1, 0.15) is 10.7 Å². The largest absolute Gasteiger partial charge is 0.465 e. The third-order valence-corrected chi connectivity index (χ3v) is 6.09. The Balaban J connectivity index is 1.82. The van der Waals surface area contributed by atoms with Crippen LogP contribution in [0.4, 0.5) is 0 Å². The van der Waals surface area contributed by atoms with Gasteiger partial charge < -0.3 is 9.72 Å². The third kappa shape index (κ3) is 3.71. The molecule has 126 valence electrons. The number of nitrogens with one attached hydrogen (secondary N) is 1. The number of aromatic nitrogens is 2. The quantitative estimate of drug-likeness (QED) is 0.658. The molecule has 0 spiro atoms. The number of fused-ring (bicyclic) bond motifs is 1. The molecule has 5 nitrogen and oxygen atoms in total. The van der Waals surface area contributed by atoms with E-state index < -0.39 is 0 Å². The molecule has 0 bridgehead atoms. The second-order valence-corrected chi connectivity index (χ2v) is 8.18. The van der Waals surface area contributed by atoms with Crippen LogP contribution in [0.3, 0.4) is 0 Å². The standard InChI is InChI=1S/C16H16N2O3S3/c1-3-21-13(19)8-22-7-12-17-15(20)14-10(6-23-16(14)18-12)11-5-4-9(2)24-11/h4-6H,3,7-8H2,1-2H3,(H,17,18,20). The second-order valence-electron chi connectivity index (χ2n) is 5.05. The molecule has 0 unspecified atom stereocenters. The summed E-state index contributed by atoms with van der Waals surface area (Å²) in [7, 11) is 0. The van der Waals surface area contributed by atoms with E-state index >= 15 is 0 Å². The average molecular weight is 381 g/mol. The van der Waals surface area contributed by atoms with Gasteiger partial charge in [0, 0.05) is 20.7 Å². The molecule has 0 fully saturated rings. The molecule has 0 aliphatic rings. The van der Waals surface area contributed by atoms with Crippen molar-refractivity contribution in [1.29, 1.82) is 0 Å². The van der Waals surface area contributed by atoms with Crippen LogP contribution in [0.15, 0.2) is 22.3 Å². The molecule has 3 rings (SSSR count). The molecule has 0 amide bonds. The summed E-state index contributed by atoms with van der Waals surface area (Å²) in [6.07, 6.45) is 0. The minimum atomic E-state index is -0.252. The van der Waals surface area contributed by atoms with Crippen LogP contribution in [0.2, 0.25) is 0 Å². The molecule has 24 heavy (non-hydrogen) atoms. The number of carbonyl (C=O) groups is 1. The lowest BCUT2D eigenvalue weighted by Gasteiger charge is -2.02. The summed E-state index contributed by atoms with van der Waals surface area (Å²) in [6, 6.07) is 4.08. The van der Waals surface area contributed by atoms with Gasteiger partial charge in [-0.15, -0.1) is 34.4 Å². The number of H-pyrrole nitrogens is 1. The number of aryl methyl sites for hydroxylation is 1. The van der Waals surface area contributed by atoms with Crippen molar-refractivity contribution in [2.24, 2.45) is 0 Å². The van der Waals surface area contributed by atoms with Gasteiger partial charge in [-0.05, 0) is 26.0 Å². The number of esters is 1. The highest BCUT2D eigenvalue weighted by Crippen LogP contribution is 2.35. The van der Waals surface area contributed by atoms with Gasteiger partial charge in [0.2, 0.25) is 0 Å². The first-order valence-corrected chi connectivity index (χ1v) is 10.2. The molecule has 1 N–H and O–H groups in total. The molecular formula is C16H16N2O3S3. The highest BCUT2D eigenvalue weighted by Gasteiger charge is 2.14. The summed E-state index contributed by atoms with van der Waals surface area (Å²) in [5.74, 6) is 1.05. The number of carbonyl (C=O) groups excluding carboxylic acids is 1. The molecular weight excluding hydrogens is 364 g/mol. The van der Waals surface area contributed by atoms with Crippen LogP contribution in [0.25, 0.3) is 20.7 Å². The molecule has 0 radical (unpaired) electrons. The Morgan fingerprint density at radius 2 is 2.25 bits per heavy atom. The van der Waals surface area contributed by atoms with Gasteiger partial charge in [0.05, 0.1) is 23.5 Å². The van der Waals surface area contributed by atoms with Crippen molar-refractivity contribution in [2.75, 3.05) is 12.4 Å². The predicted molar refractivity (Wildman–Crippen MR) is 101 cm³/mol. The molecule has 3 heterocycles. The minimum absolute atomic E-state index is 0.131. The third-order valence-electron chi connectivity index (χ3n) is 3.26. The van der Waals surface area contributed by atoms with Gasteiger partial charge in [-0.1, -0.05) is 0 Å². The van der Waals surface area contributed by atoms with Crippen molar-refractivity contribution >= 4 is 50.6 Å². The van der Waals surface area contributed by atoms with E-state index in [9.17, 15) is 9.59 Å². The monoisotopic (exact) mass is 380 g/mol. The normalized spacial score (nSPS) is 11.1. The molecule has 0 aliphatic carbocycles. The van der Waals surface area contributed by atoms with Crippen molar-refractivity contribution in [3.63, 3.8) is 0 Å². The maximum absolute atomic E-state index is 12.5. The lowest BCUT2D eigenvalue weighted by Crippen LogP contribution is -2.12. The number of nitrogens with zero attached hydrogens (tertiary/aromatic N) is 1. The second kappa shape index (κ2) is 7.50. The van der Waals surface area contributed by atoms with E-state index in [1.807, 2.05) is 24.4 Å². The Bertz CT molecular complexity index is 926. The fourth-order valence-corrected chi connectivity index (χ4v) is 4.86. The molecule has 0 atom stereocenters. The number of hydrogen-bond acceptors (Lipinski definition) is 7. The van der Waals surface area contributed by atoms with E-state index in [2.05, 4.69) is 9.97 Å². The molecule has 0 aromatic carbocycles. The Hall–Kier alpha value is -1.64. The molecule has 0 aliphatic heterocycles. The number of hydrogen-bond donors (Lipinski definition) is 1. The van der Waals surface area contributed by atoms with Crippen LogP contribution in [0, 0.1) is 6.92 Å². The number of thioether (sulfide) groups is 1. The maximum Gasteiger partial charge on any atom is 0.315 e. The van der Waals surface area contributed by atoms with Crippen molar-refractivity contribution in [3.8, 4) is 10.4 Å². The van der Waals surface area contributed by atoms with E-state index in [1.54, 1.807) is 18.3 Å². The van der Waals surface area contributed by atoms with Gasteiger partial charge in [0.15, 0.2) is 0 Å². The number of ether oxygens (including phenoxy) is 1. The molecule has 0 saturated carbocycles. The first kappa shape index (κ1) is 17.2. The van der Waals surface area contributed by atoms with Gasteiger partial charge in [-0.25, -0.2) is 4.98 Å². The maximum atomic E-state index is 12.5. The van der Waals surface area contributed by atoms with Crippen LogP contribution in [-0.2, 0) is 15.3 Å². The SMILES string of the molecule is CCOC(=O)CSCc1nc2scc(-c3ccc(C)s3)c2c(=O)[nH]1. The summed E-state index contributed by atoms with van der Waals surface area (Å²) in [6.45, 7) is 4.20. The highest BCUT2D eigenvalue weighted by atomic mass is 32.2. The molecule has 3 aromatic heterocycles. The summed E-state index contributed by atoms with van der Waals surface area (Å²) < 4.78 is 4.88. The Morgan fingerprint density at radius 1 is 1.42 bits per heavy atom. The van der Waals surface area contributed by atoms with Crippen LogP contribution >= 0.6 is 34.4 Å². The Kier molecular flexibility index (Phi) is 5.37. The summed E-state index contributed by atoms with van der Waals surface area (Å²) in [5.41, 5.74) is 0.807. The van der Waals surface area contributed by atoms with Crippen LogP contribution in [0.1, 0.15) is 17.6 Å². The number of thiophene rings is 2. The van der Waals surface area contributed by atoms with Crippen molar-refractivity contribution in [3.05, 3.63) is 38.6 Å². The van der Waals surface area contributed by atoms with Crippen LogP contribution in [-0.4, -0.2) is 28.3 Å². The van der Waals surface area contributed by atoms with Crippen molar-refractivity contribution < 1.29 is 9.53 Å². The smallest absolute Gasteiger partial charge is 0.315 e. The minimum Gasteiger partial charge on any atom is -0.465 e. The van der Waals surface area contributed by atoms with Gasteiger partial charge in [-0.2, -0.15) is 0 Å². The lowest BCUT2D eigenvalue weighted by atomic mass is 10.2. The van der Waals surface area contributed by atoms with Crippen molar-refractivity contribution in [2.45, 2.75) is 19.6 Å². The van der Waals surface area contributed by atoms with Crippen LogP contribution in [0.5, 0.6) is 0 Å². The number of aromatic amines is 1. The van der Waals surface area contributed by atoms with E-state index in [0.717, 1.165) is 15.3 Å². The van der Waals surface area contributed by atoms with Gasteiger partial charge >= 0.3 is 5.97 Å². The first-order valence-electron chi connectivity index (χ1n) is 7.39. The Morgan fingerprint density at radius 3 is 2.96 bits per heavy atom. The summed E-state index contributed by atoms with van der Waals surface area (Å²) in [5, 5.41) is 2.62. The zero-order valence-electron chi connectivity index (χ0n) is 13.3. The molecule has 3 aromatic rings. The van der Waals surface area contributed by atoms with E-state index in [4.69, 9.17) is 4.74 Å². The Labute approximate surface area is 151 Å². The fraction of sp³-hybridized carbons (Fsp3) is 0.312. The van der Waals surface area contributed by atoms with E-state index in [1.165, 1.54) is 28.0 Å². The van der Waals surface area contributed by atoms with Crippen molar-refractivity contribution in [1.82, 2.24) is 9.97 Å².